The third-order valence-corrected chi connectivity index (χ3v) is 5.50. The minimum absolute atomic E-state index is 0.0158. The molecular weight excluding hydrogens is 481 g/mol. The van der Waals surface area contributed by atoms with Crippen LogP contribution in [-0.4, -0.2) is 37.2 Å². The molecule has 0 spiro atoms. The van der Waals surface area contributed by atoms with Crippen LogP contribution in [0.3, 0.4) is 0 Å². The third-order valence-electron chi connectivity index (χ3n) is 4.83. The Morgan fingerprint density at radius 3 is 2.66 bits per heavy atom. The van der Waals surface area contributed by atoms with Gasteiger partial charge in [0.1, 0.15) is 5.75 Å². The molecule has 3 aromatic rings. The van der Waals surface area contributed by atoms with E-state index in [0.717, 1.165) is 27.6 Å². The third kappa shape index (κ3) is 5.08. The van der Waals surface area contributed by atoms with E-state index in [9.17, 15) is 5.11 Å². The standard InChI is InChI=1S/C20H28IN7O/c1-4-15(5-2)28-11-25-17-18(23-10-13-8-14(21)6-7-16(13)29)26-20(27-19(17)28)24-9-12(3)22/h6-8,11-12,15,29H,4-5,9-10,22H2,1-3H3,(H2,23,24,26,27). The number of aromatic nitrogens is 4. The van der Waals surface area contributed by atoms with E-state index in [2.05, 4.69) is 61.6 Å². The molecular formula is C20H28IN7O. The van der Waals surface area contributed by atoms with E-state index in [-0.39, 0.29) is 11.8 Å². The lowest BCUT2D eigenvalue weighted by Crippen LogP contribution is -2.26. The fourth-order valence-electron chi connectivity index (χ4n) is 3.20. The lowest BCUT2D eigenvalue weighted by Gasteiger charge is -2.16. The Bertz CT molecular complexity index is 969. The van der Waals surface area contributed by atoms with Gasteiger partial charge in [0.25, 0.3) is 0 Å². The molecule has 0 bridgehead atoms. The van der Waals surface area contributed by atoms with Gasteiger partial charge < -0.3 is 26.0 Å². The van der Waals surface area contributed by atoms with Crippen molar-refractivity contribution in [2.24, 2.45) is 5.73 Å². The molecule has 1 atom stereocenters. The molecule has 0 fully saturated rings. The van der Waals surface area contributed by atoms with Crippen LogP contribution in [0.4, 0.5) is 11.8 Å². The van der Waals surface area contributed by atoms with Crippen molar-refractivity contribution in [3.8, 4) is 5.75 Å². The first-order valence-corrected chi connectivity index (χ1v) is 11.0. The predicted molar refractivity (Wildman–Crippen MR) is 125 cm³/mol. The van der Waals surface area contributed by atoms with Gasteiger partial charge in [-0.2, -0.15) is 9.97 Å². The van der Waals surface area contributed by atoms with Gasteiger partial charge in [-0.25, -0.2) is 4.98 Å². The van der Waals surface area contributed by atoms with Gasteiger partial charge in [0.15, 0.2) is 17.0 Å². The Hall–Kier alpha value is -2.14. The molecule has 0 saturated carbocycles. The number of phenols is 1. The number of hydrogen-bond donors (Lipinski definition) is 4. The molecule has 0 aliphatic rings. The first-order valence-electron chi connectivity index (χ1n) is 9.88. The summed E-state index contributed by atoms with van der Waals surface area (Å²) in [7, 11) is 0. The maximum absolute atomic E-state index is 10.1. The second-order valence-electron chi connectivity index (χ2n) is 7.17. The Kier molecular flexibility index (Phi) is 7.12. The maximum atomic E-state index is 10.1. The molecule has 156 valence electrons. The molecule has 2 aromatic heterocycles. The zero-order chi connectivity index (χ0) is 21.0. The molecule has 1 unspecified atom stereocenters. The summed E-state index contributed by atoms with van der Waals surface area (Å²) in [5.74, 6) is 1.39. The van der Waals surface area contributed by atoms with Crippen LogP contribution in [0.1, 0.15) is 45.2 Å². The number of aromatic hydroxyl groups is 1. The van der Waals surface area contributed by atoms with E-state index in [0.29, 0.717) is 36.4 Å². The molecule has 0 saturated heterocycles. The number of nitrogens with zero attached hydrogens (tertiary/aromatic N) is 4. The monoisotopic (exact) mass is 509 g/mol. The van der Waals surface area contributed by atoms with Crippen molar-refractivity contribution in [1.29, 1.82) is 0 Å². The molecule has 2 heterocycles. The van der Waals surface area contributed by atoms with Crippen molar-refractivity contribution in [2.75, 3.05) is 17.2 Å². The number of fused-ring (bicyclic) bond motifs is 1. The van der Waals surface area contributed by atoms with Crippen LogP contribution >= 0.6 is 22.6 Å². The molecule has 8 nitrogen and oxygen atoms in total. The highest BCUT2D eigenvalue weighted by molar-refractivity contribution is 14.1. The molecule has 0 aliphatic carbocycles. The number of rotatable bonds is 9. The molecule has 5 N–H and O–H groups in total. The van der Waals surface area contributed by atoms with Crippen LogP contribution < -0.4 is 16.4 Å². The average molecular weight is 509 g/mol. The summed E-state index contributed by atoms with van der Waals surface area (Å²) in [6, 6.07) is 5.82. The fourth-order valence-corrected chi connectivity index (χ4v) is 3.75. The number of nitrogens with two attached hydrogens (primary N) is 1. The zero-order valence-electron chi connectivity index (χ0n) is 17.0. The Labute approximate surface area is 184 Å². The van der Waals surface area contributed by atoms with E-state index >= 15 is 0 Å². The van der Waals surface area contributed by atoms with Crippen LogP contribution in [0.25, 0.3) is 11.2 Å². The Morgan fingerprint density at radius 1 is 1.21 bits per heavy atom. The number of anilines is 2. The molecule has 3 rings (SSSR count). The SMILES string of the molecule is CCC(CC)n1cnc2c(NCc3cc(I)ccc3O)nc(NCC(C)N)nc21. The van der Waals surface area contributed by atoms with Crippen LogP contribution in [-0.2, 0) is 6.54 Å². The maximum Gasteiger partial charge on any atom is 0.226 e. The number of benzene rings is 1. The first-order chi connectivity index (χ1) is 13.9. The van der Waals surface area contributed by atoms with Crippen molar-refractivity contribution in [1.82, 2.24) is 19.5 Å². The molecule has 1 aromatic carbocycles. The van der Waals surface area contributed by atoms with Crippen LogP contribution in [0.2, 0.25) is 0 Å². The highest BCUT2D eigenvalue weighted by atomic mass is 127. The van der Waals surface area contributed by atoms with Crippen molar-refractivity contribution in [3.05, 3.63) is 33.7 Å². The van der Waals surface area contributed by atoms with Crippen molar-refractivity contribution in [2.45, 2.75) is 52.2 Å². The van der Waals surface area contributed by atoms with Gasteiger partial charge in [-0.05, 0) is 60.6 Å². The largest absolute Gasteiger partial charge is 0.508 e. The Balaban J connectivity index is 1.98. The minimum Gasteiger partial charge on any atom is -0.508 e. The van der Waals surface area contributed by atoms with Gasteiger partial charge in [-0.1, -0.05) is 13.8 Å². The lowest BCUT2D eigenvalue weighted by molar-refractivity contribution is 0.469. The van der Waals surface area contributed by atoms with E-state index < -0.39 is 0 Å². The topological polar surface area (TPSA) is 114 Å². The Morgan fingerprint density at radius 2 is 1.97 bits per heavy atom. The summed E-state index contributed by atoms with van der Waals surface area (Å²) >= 11 is 2.23. The summed E-state index contributed by atoms with van der Waals surface area (Å²) in [5, 5.41) is 16.7. The minimum atomic E-state index is -0.0158. The second-order valence-corrected chi connectivity index (χ2v) is 8.42. The van der Waals surface area contributed by atoms with E-state index in [4.69, 9.17) is 10.7 Å². The number of halogens is 1. The van der Waals surface area contributed by atoms with E-state index in [1.54, 1.807) is 6.07 Å². The molecule has 0 amide bonds. The van der Waals surface area contributed by atoms with Crippen LogP contribution in [0, 0.1) is 3.57 Å². The van der Waals surface area contributed by atoms with E-state index in [1.165, 1.54) is 0 Å². The average Bonchev–Trinajstić information content (AvgIpc) is 3.12. The highest BCUT2D eigenvalue weighted by Gasteiger charge is 2.17. The summed E-state index contributed by atoms with van der Waals surface area (Å²) in [4.78, 5) is 13.9. The van der Waals surface area contributed by atoms with Crippen molar-refractivity contribution in [3.63, 3.8) is 0 Å². The van der Waals surface area contributed by atoms with Crippen molar-refractivity contribution < 1.29 is 5.11 Å². The second kappa shape index (κ2) is 9.57. The highest BCUT2D eigenvalue weighted by Crippen LogP contribution is 2.27. The van der Waals surface area contributed by atoms with Gasteiger partial charge in [-0.15, -0.1) is 0 Å². The van der Waals surface area contributed by atoms with Crippen molar-refractivity contribution >= 4 is 45.5 Å². The fraction of sp³-hybridized carbons (Fsp3) is 0.450. The molecule has 0 radical (unpaired) electrons. The predicted octanol–water partition coefficient (Wildman–Crippen LogP) is 3.87. The smallest absolute Gasteiger partial charge is 0.226 e. The summed E-state index contributed by atoms with van der Waals surface area (Å²) in [6.45, 7) is 7.25. The first kappa shape index (κ1) is 21.6. The number of phenolic OH excluding ortho intramolecular Hbond substituents is 1. The quantitative estimate of drug-likeness (QED) is 0.324. The van der Waals surface area contributed by atoms with Crippen LogP contribution in [0.5, 0.6) is 5.75 Å². The van der Waals surface area contributed by atoms with Gasteiger partial charge in [0, 0.05) is 34.3 Å². The summed E-state index contributed by atoms with van der Waals surface area (Å²) < 4.78 is 3.17. The van der Waals surface area contributed by atoms with Gasteiger partial charge in [-0.3, -0.25) is 0 Å². The summed E-state index contributed by atoms with van der Waals surface area (Å²) in [6.07, 6.45) is 3.82. The molecule has 29 heavy (non-hydrogen) atoms. The molecule has 0 aliphatic heterocycles. The zero-order valence-corrected chi connectivity index (χ0v) is 19.1. The van der Waals surface area contributed by atoms with Crippen LogP contribution in [0.15, 0.2) is 24.5 Å². The number of imidazole rings is 1. The summed E-state index contributed by atoms with van der Waals surface area (Å²) in [5.41, 5.74) is 8.18. The van der Waals surface area contributed by atoms with E-state index in [1.807, 2.05) is 25.4 Å². The number of hydrogen-bond acceptors (Lipinski definition) is 7. The van der Waals surface area contributed by atoms with Gasteiger partial charge >= 0.3 is 0 Å². The normalized spacial score (nSPS) is 12.5. The lowest BCUT2D eigenvalue weighted by atomic mass is 10.2. The van der Waals surface area contributed by atoms with Gasteiger partial charge in [0.05, 0.1) is 6.33 Å². The molecule has 9 heteroatoms. The number of nitrogens with one attached hydrogen (secondary N) is 2. The van der Waals surface area contributed by atoms with Gasteiger partial charge in [0.2, 0.25) is 5.95 Å².